The average molecular weight is 218 g/mol. The van der Waals surface area contributed by atoms with Gasteiger partial charge >= 0.3 is 0 Å². The molecule has 66 valence electrons. The van der Waals surface area contributed by atoms with Crippen LogP contribution in [0.1, 0.15) is 0 Å². The summed E-state index contributed by atoms with van der Waals surface area (Å²) in [6.07, 6.45) is 0. The van der Waals surface area contributed by atoms with Crippen LogP contribution in [-0.4, -0.2) is 10.5 Å². The molecule has 2 atom stereocenters. The largest absolute Gasteiger partial charge is 0.197 e. The summed E-state index contributed by atoms with van der Waals surface area (Å²) in [6.45, 7) is 0. The molecule has 0 saturated carbocycles. The predicted octanol–water partition coefficient (Wildman–Crippen LogP) is 1.51. The van der Waals surface area contributed by atoms with Gasteiger partial charge in [-0.2, -0.15) is 21.0 Å². The van der Waals surface area contributed by atoms with Gasteiger partial charge < -0.3 is 0 Å². The second-order valence-corrected chi connectivity index (χ2v) is 4.78. The minimum Gasteiger partial charge on any atom is -0.197 e. The monoisotopic (exact) mass is 218 g/mol. The third-order valence-corrected chi connectivity index (χ3v) is 4.27. The summed E-state index contributed by atoms with van der Waals surface area (Å²) in [5, 5.41) is 33.6. The Bertz CT molecular complexity index is 400. The van der Waals surface area contributed by atoms with E-state index in [-0.39, 0.29) is 5.57 Å². The van der Waals surface area contributed by atoms with Crippen LogP contribution in [0.15, 0.2) is 9.81 Å². The zero-order valence-electron chi connectivity index (χ0n) is 6.76. The molecule has 1 aliphatic heterocycles. The molecule has 0 aromatic rings. The molecule has 0 aromatic carbocycles. The minimum atomic E-state index is -0.489. The summed E-state index contributed by atoms with van der Waals surface area (Å²) in [5.41, 5.74) is -0.0157. The van der Waals surface area contributed by atoms with Crippen molar-refractivity contribution >= 4 is 23.5 Å². The maximum atomic E-state index is 8.69. The number of hydrogen-bond acceptors (Lipinski definition) is 6. The molecule has 6 heteroatoms. The van der Waals surface area contributed by atoms with Gasteiger partial charge in [0.25, 0.3) is 0 Å². The average Bonchev–Trinajstić information content (AvgIpc) is 2.63. The van der Waals surface area contributed by atoms with Gasteiger partial charge in [0.2, 0.25) is 0 Å². The van der Waals surface area contributed by atoms with Gasteiger partial charge in [0.05, 0.1) is 16.4 Å². The smallest absolute Gasteiger partial charge is 0.149 e. The lowest BCUT2D eigenvalue weighted by molar-refractivity contribution is 1.12. The van der Waals surface area contributed by atoms with Crippen LogP contribution < -0.4 is 0 Å². The van der Waals surface area contributed by atoms with Gasteiger partial charge in [0, 0.05) is 0 Å². The molecule has 1 fully saturated rings. The Kier molecular flexibility index (Phi) is 3.43. The summed E-state index contributed by atoms with van der Waals surface area (Å²) in [5.74, 6) is 0. The van der Waals surface area contributed by atoms with Crippen molar-refractivity contribution in [1.82, 2.24) is 0 Å². The van der Waals surface area contributed by atoms with Gasteiger partial charge in [0.1, 0.15) is 28.2 Å². The highest BCUT2D eigenvalue weighted by Crippen LogP contribution is 2.47. The fourth-order valence-corrected chi connectivity index (χ4v) is 3.34. The highest BCUT2D eigenvalue weighted by atomic mass is 32.2. The Labute approximate surface area is 89.4 Å². The van der Waals surface area contributed by atoms with Gasteiger partial charge in [-0.1, -0.05) is 23.5 Å². The fraction of sp³-hybridized carbons (Fsp3) is 0.250. The van der Waals surface area contributed by atoms with Gasteiger partial charge in [0.15, 0.2) is 0 Å². The lowest BCUT2D eigenvalue weighted by atomic mass is 10.3. The van der Waals surface area contributed by atoms with Gasteiger partial charge in [-0.05, 0) is 0 Å². The summed E-state index contributed by atoms with van der Waals surface area (Å²) in [4.78, 5) is 0. The maximum Gasteiger partial charge on any atom is 0.149 e. The number of thioether (sulfide) groups is 2. The summed E-state index contributed by atoms with van der Waals surface area (Å²) < 4.78 is 0.480. The maximum absolute atomic E-state index is 8.69. The highest BCUT2D eigenvalue weighted by molar-refractivity contribution is 8.26. The van der Waals surface area contributed by atoms with E-state index in [0.717, 1.165) is 23.5 Å². The van der Waals surface area contributed by atoms with Crippen molar-refractivity contribution in [2.75, 3.05) is 0 Å². The van der Waals surface area contributed by atoms with Crippen LogP contribution in [0.5, 0.6) is 0 Å². The van der Waals surface area contributed by atoms with E-state index < -0.39 is 10.5 Å². The second kappa shape index (κ2) is 4.58. The zero-order chi connectivity index (χ0) is 10.6. The second-order valence-electron chi connectivity index (χ2n) is 2.22. The Hall–Kier alpha value is -1.60. The standard InChI is InChI=1S/C8H2N4S2/c9-1-5(2-10)8-13-6(3-11)7(4-12)14-8/h6-7H. The molecule has 0 radical (unpaired) electrons. The van der Waals surface area contributed by atoms with Crippen LogP contribution in [0, 0.1) is 45.3 Å². The number of allylic oxidation sites excluding steroid dienone is 1. The Morgan fingerprint density at radius 2 is 1.36 bits per heavy atom. The van der Waals surface area contributed by atoms with E-state index in [1.165, 1.54) is 0 Å². The molecule has 1 aliphatic rings. The lowest BCUT2D eigenvalue weighted by Gasteiger charge is -1.96. The third kappa shape index (κ3) is 1.83. The molecule has 0 N–H and O–H groups in total. The summed E-state index contributed by atoms with van der Waals surface area (Å²) in [6, 6.07) is 7.41. The molecule has 0 aromatic heterocycles. The lowest BCUT2D eigenvalue weighted by Crippen LogP contribution is -2.09. The first-order valence-electron chi connectivity index (χ1n) is 3.43. The SMILES string of the molecule is N#CC(C#N)=C1SC(C#N)C(C#N)S1. The summed E-state index contributed by atoms with van der Waals surface area (Å²) >= 11 is 2.23. The zero-order valence-corrected chi connectivity index (χ0v) is 8.39. The van der Waals surface area contributed by atoms with Crippen LogP contribution in [0.3, 0.4) is 0 Å². The molecule has 0 amide bonds. The predicted molar refractivity (Wildman–Crippen MR) is 52.2 cm³/mol. The third-order valence-electron chi connectivity index (χ3n) is 1.43. The van der Waals surface area contributed by atoms with E-state index in [1.807, 2.05) is 12.1 Å². The van der Waals surface area contributed by atoms with Crippen molar-refractivity contribution in [3.63, 3.8) is 0 Å². The van der Waals surface area contributed by atoms with Crippen molar-refractivity contribution < 1.29 is 0 Å². The minimum absolute atomic E-state index is 0.0157. The van der Waals surface area contributed by atoms with Gasteiger partial charge in [-0.15, -0.1) is 0 Å². The van der Waals surface area contributed by atoms with Crippen molar-refractivity contribution in [2.45, 2.75) is 10.5 Å². The molecule has 2 unspecified atom stereocenters. The first kappa shape index (κ1) is 10.5. The van der Waals surface area contributed by atoms with Crippen molar-refractivity contribution in [1.29, 1.82) is 21.0 Å². The molecule has 1 heterocycles. The fourth-order valence-electron chi connectivity index (χ4n) is 0.804. The van der Waals surface area contributed by atoms with E-state index in [4.69, 9.17) is 21.0 Å². The first-order chi connectivity index (χ1) is 6.76. The van der Waals surface area contributed by atoms with Crippen molar-refractivity contribution in [3.8, 4) is 24.3 Å². The molecule has 1 rings (SSSR count). The Morgan fingerprint density at radius 3 is 1.64 bits per heavy atom. The highest BCUT2D eigenvalue weighted by Gasteiger charge is 2.34. The van der Waals surface area contributed by atoms with Crippen LogP contribution in [-0.2, 0) is 0 Å². The number of rotatable bonds is 0. The van der Waals surface area contributed by atoms with E-state index in [1.54, 1.807) is 12.1 Å². The van der Waals surface area contributed by atoms with Crippen molar-refractivity contribution in [2.24, 2.45) is 0 Å². The summed E-state index contributed by atoms with van der Waals surface area (Å²) in [7, 11) is 0. The number of nitrogens with zero attached hydrogens (tertiary/aromatic N) is 4. The van der Waals surface area contributed by atoms with Crippen LogP contribution in [0.25, 0.3) is 0 Å². The molecule has 4 nitrogen and oxygen atoms in total. The molecular formula is C8H2N4S2. The quantitative estimate of drug-likeness (QED) is 0.572. The van der Waals surface area contributed by atoms with Crippen LogP contribution >= 0.6 is 23.5 Å². The molecular weight excluding hydrogens is 216 g/mol. The molecule has 0 bridgehead atoms. The normalized spacial score (nSPS) is 24.1. The Balaban J connectivity index is 3.01. The van der Waals surface area contributed by atoms with Crippen molar-refractivity contribution in [3.05, 3.63) is 9.81 Å². The number of hydrogen-bond donors (Lipinski definition) is 0. The van der Waals surface area contributed by atoms with E-state index >= 15 is 0 Å². The van der Waals surface area contributed by atoms with Gasteiger partial charge in [-0.3, -0.25) is 0 Å². The van der Waals surface area contributed by atoms with E-state index in [2.05, 4.69) is 0 Å². The van der Waals surface area contributed by atoms with E-state index in [0.29, 0.717) is 4.24 Å². The molecule has 0 spiro atoms. The van der Waals surface area contributed by atoms with Gasteiger partial charge in [-0.25, -0.2) is 0 Å². The molecule has 1 saturated heterocycles. The molecule has 14 heavy (non-hydrogen) atoms. The topological polar surface area (TPSA) is 95.2 Å². The first-order valence-corrected chi connectivity index (χ1v) is 5.19. The van der Waals surface area contributed by atoms with Crippen LogP contribution in [0.4, 0.5) is 0 Å². The number of nitriles is 4. The van der Waals surface area contributed by atoms with E-state index in [9.17, 15) is 0 Å². The Morgan fingerprint density at radius 1 is 0.929 bits per heavy atom. The van der Waals surface area contributed by atoms with Crippen LogP contribution in [0.2, 0.25) is 0 Å². The molecule has 0 aliphatic carbocycles.